The Morgan fingerprint density at radius 3 is 1.50 bits per heavy atom. The van der Waals surface area contributed by atoms with E-state index in [4.69, 9.17) is 18.4 Å². The summed E-state index contributed by atoms with van der Waals surface area (Å²) in [6, 6.07) is 0.792. The number of quaternary nitrogens is 1. The summed E-state index contributed by atoms with van der Waals surface area (Å²) in [5.74, 6) is 0.446. The first kappa shape index (κ1) is 34.0. The molecule has 0 aromatic carbocycles. The fraction of sp³-hybridized carbons (Fsp3) is 1.00. The van der Waals surface area contributed by atoms with Crippen molar-refractivity contribution in [3.8, 4) is 0 Å². The van der Waals surface area contributed by atoms with Gasteiger partial charge in [-0.1, -0.05) is 104 Å². The molecule has 0 amide bonds. The van der Waals surface area contributed by atoms with Gasteiger partial charge in [-0.25, -0.2) is 0 Å². The number of hydrogen-bond donors (Lipinski definition) is 1. The zero-order valence-electron chi connectivity index (χ0n) is 24.0. The van der Waals surface area contributed by atoms with Crippen molar-refractivity contribution < 1.29 is 22.9 Å². The van der Waals surface area contributed by atoms with Crippen LogP contribution in [0, 0.1) is 5.92 Å². The lowest BCUT2D eigenvalue weighted by atomic mass is 10.0. The van der Waals surface area contributed by atoms with Crippen LogP contribution in [-0.2, 0) is 13.3 Å². The zero-order chi connectivity index (χ0) is 25.5. The predicted molar refractivity (Wildman–Crippen MR) is 148 cm³/mol. The van der Waals surface area contributed by atoms with Gasteiger partial charge in [0, 0.05) is 26.2 Å². The van der Waals surface area contributed by atoms with E-state index in [2.05, 4.69) is 27.9 Å². The van der Waals surface area contributed by atoms with Crippen molar-refractivity contribution in [1.82, 2.24) is 0 Å². The van der Waals surface area contributed by atoms with Gasteiger partial charge < -0.3 is 22.9 Å². The number of aliphatic hydroxyl groups is 1. The minimum Gasteiger partial charge on any atom is -0.394 e. The molecule has 206 valence electrons. The van der Waals surface area contributed by atoms with Crippen molar-refractivity contribution in [1.29, 1.82) is 0 Å². The van der Waals surface area contributed by atoms with E-state index in [9.17, 15) is 0 Å². The van der Waals surface area contributed by atoms with Crippen molar-refractivity contribution in [2.75, 3.05) is 54.6 Å². The highest BCUT2D eigenvalue weighted by atomic mass is 28.4. The third-order valence-electron chi connectivity index (χ3n) is 7.06. The van der Waals surface area contributed by atoms with Crippen LogP contribution >= 0.6 is 0 Å². The Balaban J connectivity index is 3.73. The molecule has 0 rings (SSSR count). The van der Waals surface area contributed by atoms with Crippen LogP contribution in [0.5, 0.6) is 0 Å². The molecule has 0 saturated heterocycles. The highest BCUT2D eigenvalue weighted by molar-refractivity contribution is 6.60. The molecule has 1 N–H and O–H groups in total. The summed E-state index contributed by atoms with van der Waals surface area (Å²) in [7, 11) is 5.32. The molecule has 5 nitrogen and oxygen atoms in total. The normalized spacial score (nSPS) is 13.5. The second kappa shape index (κ2) is 22.2. The second-order valence-electron chi connectivity index (χ2n) is 11.1. The topological polar surface area (TPSA) is 47.9 Å². The molecule has 1 atom stereocenters. The standard InChI is InChI=1S/C28H62NO4Si/c1-7-8-9-10-11-12-13-14-15-16-17-18-19-20-21-22-23-29(3,4)26-28(2)27-34(31-5,32-6)33-25-24-30/h28,30H,7-27H2,1-6H3/q+1. The largest absolute Gasteiger partial charge is 0.500 e. The maximum atomic E-state index is 9.09. The van der Waals surface area contributed by atoms with E-state index in [-0.39, 0.29) is 13.2 Å². The van der Waals surface area contributed by atoms with Crippen LogP contribution in [0.25, 0.3) is 0 Å². The van der Waals surface area contributed by atoms with Gasteiger partial charge in [-0.2, -0.15) is 0 Å². The minimum absolute atomic E-state index is 0.00331. The number of aliphatic hydroxyl groups excluding tert-OH is 1. The molecule has 34 heavy (non-hydrogen) atoms. The third kappa shape index (κ3) is 19.2. The fourth-order valence-electron chi connectivity index (χ4n) is 5.14. The van der Waals surface area contributed by atoms with Gasteiger partial charge in [-0.15, -0.1) is 0 Å². The van der Waals surface area contributed by atoms with E-state index in [1.165, 1.54) is 109 Å². The van der Waals surface area contributed by atoms with Crippen LogP contribution in [0.15, 0.2) is 0 Å². The lowest BCUT2D eigenvalue weighted by Crippen LogP contribution is -2.49. The van der Waals surface area contributed by atoms with Gasteiger partial charge in [0.15, 0.2) is 0 Å². The van der Waals surface area contributed by atoms with E-state index in [1.807, 2.05) is 0 Å². The van der Waals surface area contributed by atoms with E-state index >= 15 is 0 Å². The quantitative estimate of drug-likeness (QED) is 0.0768. The summed E-state index contributed by atoms with van der Waals surface area (Å²) in [5, 5.41) is 9.09. The number of unbranched alkanes of at least 4 members (excludes halogenated alkanes) is 15. The Kier molecular flexibility index (Phi) is 22.2. The zero-order valence-corrected chi connectivity index (χ0v) is 25.0. The molecule has 0 heterocycles. The summed E-state index contributed by atoms with van der Waals surface area (Å²) < 4.78 is 18.1. The molecule has 6 heteroatoms. The van der Waals surface area contributed by atoms with Crippen molar-refractivity contribution in [2.45, 2.75) is 123 Å². The highest BCUT2D eigenvalue weighted by Gasteiger charge is 2.41. The van der Waals surface area contributed by atoms with Gasteiger partial charge in [0.1, 0.15) is 0 Å². The first-order valence-corrected chi connectivity index (χ1v) is 16.4. The SMILES string of the molecule is CCCCCCCCCCCCCCCCCC[N+](C)(C)CC(C)C[Si](OC)(OC)OCCO. The molecule has 0 aromatic rings. The second-order valence-corrected chi connectivity index (χ2v) is 14.0. The summed E-state index contributed by atoms with van der Waals surface area (Å²) in [6.07, 6.45) is 22.6. The van der Waals surface area contributed by atoms with Gasteiger partial charge in [0.25, 0.3) is 0 Å². The van der Waals surface area contributed by atoms with E-state index < -0.39 is 8.80 Å². The highest BCUT2D eigenvalue weighted by Crippen LogP contribution is 2.22. The summed E-state index contributed by atoms with van der Waals surface area (Å²) in [6.45, 7) is 7.13. The Bertz CT molecular complexity index is 433. The molecular formula is C28H62NO4Si+. The molecule has 0 spiro atoms. The molecule has 0 aliphatic rings. The average Bonchev–Trinajstić information content (AvgIpc) is 2.81. The summed E-state index contributed by atoms with van der Waals surface area (Å²) >= 11 is 0. The smallest absolute Gasteiger partial charge is 0.394 e. The Labute approximate surface area is 214 Å². The van der Waals surface area contributed by atoms with Gasteiger partial charge in [-0.05, 0) is 12.8 Å². The molecule has 0 radical (unpaired) electrons. The average molecular weight is 505 g/mol. The van der Waals surface area contributed by atoms with E-state index in [0.717, 1.165) is 17.1 Å². The molecule has 0 saturated carbocycles. The first-order valence-electron chi connectivity index (χ1n) is 14.5. The Hall–Kier alpha value is 0.0169. The van der Waals surface area contributed by atoms with E-state index in [1.54, 1.807) is 14.2 Å². The van der Waals surface area contributed by atoms with Gasteiger partial charge in [0.2, 0.25) is 0 Å². The third-order valence-corrected chi connectivity index (χ3v) is 10.1. The first-order chi connectivity index (χ1) is 16.3. The van der Waals surface area contributed by atoms with Crippen LogP contribution < -0.4 is 0 Å². The minimum atomic E-state index is -2.67. The van der Waals surface area contributed by atoms with Crippen molar-refractivity contribution in [3.05, 3.63) is 0 Å². The molecule has 0 bridgehead atoms. The van der Waals surface area contributed by atoms with Gasteiger partial charge in [-0.3, -0.25) is 0 Å². The van der Waals surface area contributed by atoms with Crippen LogP contribution in [-0.4, -0.2) is 73.0 Å². The van der Waals surface area contributed by atoms with Crippen molar-refractivity contribution >= 4 is 8.80 Å². The number of rotatable bonds is 26. The maximum Gasteiger partial charge on any atom is 0.500 e. The Morgan fingerprint density at radius 1 is 0.706 bits per heavy atom. The molecule has 0 aliphatic carbocycles. The van der Waals surface area contributed by atoms with E-state index in [0.29, 0.717) is 5.92 Å². The lowest BCUT2D eigenvalue weighted by molar-refractivity contribution is -0.893. The molecular weight excluding hydrogens is 442 g/mol. The predicted octanol–water partition coefficient (Wildman–Crippen LogP) is 7.20. The molecule has 0 aliphatic heterocycles. The van der Waals surface area contributed by atoms with Crippen LogP contribution in [0.1, 0.15) is 117 Å². The molecule has 1 unspecified atom stereocenters. The summed E-state index contributed by atoms with van der Waals surface area (Å²) in [5.41, 5.74) is 0. The van der Waals surface area contributed by atoms with Crippen LogP contribution in [0.3, 0.4) is 0 Å². The fourth-order valence-corrected chi connectivity index (χ4v) is 7.38. The summed E-state index contributed by atoms with van der Waals surface area (Å²) in [4.78, 5) is 0. The number of nitrogens with zero attached hydrogens (tertiary/aromatic N) is 1. The van der Waals surface area contributed by atoms with Gasteiger partial charge in [0.05, 0.1) is 40.4 Å². The van der Waals surface area contributed by atoms with Crippen LogP contribution in [0.2, 0.25) is 6.04 Å². The lowest BCUT2D eigenvalue weighted by Gasteiger charge is -2.35. The van der Waals surface area contributed by atoms with Gasteiger partial charge >= 0.3 is 8.80 Å². The number of hydrogen-bond acceptors (Lipinski definition) is 4. The van der Waals surface area contributed by atoms with Crippen molar-refractivity contribution in [3.63, 3.8) is 0 Å². The molecule has 0 aromatic heterocycles. The van der Waals surface area contributed by atoms with Crippen LogP contribution in [0.4, 0.5) is 0 Å². The van der Waals surface area contributed by atoms with Crippen molar-refractivity contribution in [2.24, 2.45) is 5.92 Å². The monoisotopic (exact) mass is 504 g/mol. The Morgan fingerprint density at radius 2 is 1.12 bits per heavy atom. The molecule has 0 fully saturated rings. The maximum absolute atomic E-state index is 9.09.